The van der Waals surface area contributed by atoms with Gasteiger partial charge in [-0.25, -0.2) is 8.60 Å². The van der Waals surface area contributed by atoms with E-state index >= 15 is 0 Å². The van der Waals surface area contributed by atoms with Gasteiger partial charge in [-0.1, -0.05) is 6.07 Å². The van der Waals surface area contributed by atoms with E-state index in [2.05, 4.69) is 25.6 Å². The number of aryl methyl sites for hydroxylation is 1. The summed E-state index contributed by atoms with van der Waals surface area (Å²) < 4.78 is 32.7. The number of halogens is 2. The third kappa shape index (κ3) is 4.04. The molecule has 0 saturated carbocycles. The normalized spacial score (nSPS) is 12.0. The highest BCUT2D eigenvalue weighted by Crippen LogP contribution is 2.37. The first kappa shape index (κ1) is 16.9. The second kappa shape index (κ2) is 7.69. The second-order valence-corrected chi connectivity index (χ2v) is 6.59. The summed E-state index contributed by atoms with van der Waals surface area (Å²) in [7, 11) is -1.12. The molecule has 1 heterocycles. The summed E-state index contributed by atoms with van der Waals surface area (Å²) in [5, 5.41) is 0. The van der Waals surface area contributed by atoms with Crippen LogP contribution in [0.25, 0.3) is 11.1 Å². The monoisotopic (exact) mass is 386 g/mol. The van der Waals surface area contributed by atoms with Crippen LogP contribution in [0.5, 0.6) is 5.75 Å². The number of rotatable bonds is 6. The number of hydrogen-bond donors (Lipinski definition) is 1. The predicted molar refractivity (Wildman–Crippen MR) is 91.3 cm³/mol. The van der Waals surface area contributed by atoms with E-state index in [4.69, 9.17) is 4.74 Å². The molecule has 0 amide bonds. The van der Waals surface area contributed by atoms with Crippen LogP contribution in [0.3, 0.4) is 0 Å². The molecule has 0 radical (unpaired) electrons. The zero-order valence-corrected chi connectivity index (χ0v) is 14.6. The number of alkyl halides is 1. The Morgan fingerprint density at radius 1 is 1.36 bits per heavy atom. The van der Waals surface area contributed by atoms with Crippen LogP contribution in [-0.4, -0.2) is 28.7 Å². The zero-order chi connectivity index (χ0) is 16.1. The molecule has 2 rings (SSSR count). The lowest BCUT2D eigenvalue weighted by Gasteiger charge is -2.14. The number of pyridine rings is 1. The van der Waals surface area contributed by atoms with E-state index in [1.165, 1.54) is 0 Å². The average molecular weight is 387 g/mol. The van der Waals surface area contributed by atoms with Crippen molar-refractivity contribution in [3.8, 4) is 16.9 Å². The van der Waals surface area contributed by atoms with Gasteiger partial charge in [0.15, 0.2) is 0 Å². The summed E-state index contributed by atoms with van der Waals surface area (Å²) in [6, 6.07) is 5.64. The van der Waals surface area contributed by atoms with Crippen molar-refractivity contribution in [2.75, 3.05) is 24.3 Å². The van der Waals surface area contributed by atoms with Gasteiger partial charge in [0, 0.05) is 29.9 Å². The molecule has 1 aromatic carbocycles. The molecule has 1 atom stereocenters. The number of nitrogens with zero attached hydrogens (tertiary/aromatic N) is 1. The molecule has 0 aliphatic carbocycles. The third-order valence-electron chi connectivity index (χ3n) is 2.95. The van der Waals surface area contributed by atoms with Crippen molar-refractivity contribution in [2.24, 2.45) is 0 Å². The minimum atomic E-state index is -1.12. The van der Waals surface area contributed by atoms with Gasteiger partial charge in [0.1, 0.15) is 30.0 Å². The van der Waals surface area contributed by atoms with Crippen LogP contribution in [0.2, 0.25) is 0 Å². The molecule has 2 aromatic rings. The van der Waals surface area contributed by atoms with Crippen LogP contribution in [0.15, 0.2) is 35.1 Å². The van der Waals surface area contributed by atoms with E-state index in [1.807, 2.05) is 25.1 Å². The van der Waals surface area contributed by atoms with Gasteiger partial charge in [0.2, 0.25) is 0 Å². The van der Waals surface area contributed by atoms with Gasteiger partial charge < -0.3 is 9.46 Å². The van der Waals surface area contributed by atoms with Gasteiger partial charge >= 0.3 is 0 Å². The van der Waals surface area contributed by atoms with Gasteiger partial charge in [0.05, 0.1) is 4.47 Å². The molecule has 0 aliphatic heterocycles. The van der Waals surface area contributed by atoms with Crippen molar-refractivity contribution in [3.05, 3.63) is 40.6 Å². The van der Waals surface area contributed by atoms with E-state index in [0.717, 1.165) is 22.4 Å². The van der Waals surface area contributed by atoms with Crippen molar-refractivity contribution in [1.29, 1.82) is 0 Å². The molecule has 0 fully saturated rings. The molecular weight excluding hydrogens is 371 g/mol. The molecule has 0 bridgehead atoms. The Morgan fingerprint density at radius 3 is 2.77 bits per heavy atom. The first-order chi connectivity index (χ1) is 10.5. The Labute approximate surface area is 139 Å². The summed E-state index contributed by atoms with van der Waals surface area (Å²) in [5.41, 5.74) is 3.45. The Bertz CT molecular complexity index is 697. The molecular formula is C15H16BrFN2O2S. The lowest BCUT2D eigenvalue weighted by molar-refractivity contribution is 0.272. The first-order valence-corrected chi connectivity index (χ1v) is 8.91. The Morgan fingerprint density at radius 2 is 2.14 bits per heavy atom. The molecule has 7 heteroatoms. The number of aromatic nitrogens is 1. The molecule has 1 aromatic heterocycles. The number of nitrogens with one attached hydrogen (secondary N) is 1. The number of benzene rings is 1. The molecule has 0 spiro atoms. The highest BCUT2D eigenvalue weighted by Gasteiger charge is 2.13. The largest absolute Gasteiger partial charge is 0.489 e. The van der Waals surface area contributed by atoms with Gasteiger partial charge in [-0.15, -0.1) is 0 Å². The maximum atomic E-state index is 12.4. The van der Waals surface area contributed by atoms with E-state index < -0.39 is 17.7 Å². The van der Waals surface area contributed by atoms with Crippen LogP contribution >= 0.6 is 15.9 Å². The maximum absolute atomic E-state index is 12.4. The summed E-state index contributed by atoms with van der Waals surface area (Å²) in [6.07, 6.45) is 4.87. The zero-order valence-electron chi connectivity index (χ0n) is 12.2. The molecule has 4 nitrogen and oxygen atoms in total. The molecule has 1 unspecified atom stereocenters. The summed E-state index contributed by atoms with van der Waals surface area (Å²) in [5.74, 6) is 0.565. The number of hydrogen-bond acceptors (Lipinski definition) is 3. The topological polar surface area (TPSA) is 51.2 Å². The van der Waals surface area contributed by atoms with Crippen LogP contribution in [-0.2, 0) is 11.0 Å². The Kier molecular flexibility index (Phi) is 5.90. The lowest BCUT2D eigenvalue weighted by Crippen LogP contribution is -2.03. The van der Waals surface area contributed by atoms with Crippen LogP contribution in [0.4, 0.5) is 10.1 Å². The SMILES string of the molecule is Cc1cc(NS(C)=O)ccc1-c1cncc(Br)c1OCCF. The molecule has 0 aliphatic rings. The highest BCUT2D eigenvalue weighted by atomic mass is 79.9. The van der Waals surface area contributed by atoms with Crippen molar-refractivity contribution >= 4 is 32.6 Å². The molecule has 22 heavy (non-hydrogen) atoms. The fourth-order valence-electron chi connectivity index (χ4n) is 2.10. The van der Waals surface area contributed by atoms with E-state index in [0.29, 0.717) is 10.2 Å². The quantitative estimate of drug-likeness (QED) is 0.819. The Hall–Kier alpha value is -1.47. The van der Waals surface area contributed by atoms with Crippen molar-refractivity contribution < 1.29 is 13.3 Å². The Balaban J connectivity index is 2.43. The van der Waals surface area contributed by atoms with Crippen LogP contribution < -0.4 is 9.46 Å². The average Bonchev–Trinajstić information content (AvgIpc) is 2.45. The van der Waals surface area contributed by atoms with E-state index in [1.54, 1.807) is 18.6 Å². The summed E-state index contributed by atoms with van der Waals surface area (Å²) in [6.45, 7) is 1.38. The van der Waals surface area contributed by atoms with Gasteiger partial charge in [0.25, 0.3) is 0 Å². The van der Waals surface area contributed by atoms with Crippen molar-refractivity contribution in [2.45, 2.75) is 6.92 Å². The molecule has 1 N–H and O–H groups in total. The van der Waals surface area contributed by atoms with Crippen LogP contribution in [0.1, 0.15) is 5.56 Å². The van der Waals surface area contributed by atoms with Crippen molar-refractivity contribution in [3.63, 3.8) is 0 Å². The number of anilines is 1. The maximum Gasteiger partial charge on any atom is 0.144 e. The predicted octanol–water partition coefficient (Wildman–Crippen LogP) is 3.87. The lowest BCUT2D eigenvalue weighted by atomic mass is 10.0. The van der Waals surface area contributed by atoms with E-state index in [-0.39, 0.29) is 6.61 Å². The first-order valence-electron chi connectivity index (χ1n) is 6.56. The van der Waals surface area contributed by atoms with Crippen molar-refractivity contribution in [1.82, 2.24) is 4.98 Å². The summed E-state index contributed by atoms with van der Waals surface area (Å²) >= 11 is 3.38. The molecule has 0 saturated heterocycles. The van der Waals surface area contributed by atoms with Gasteiger partial charge in [-0.3, -0.25) is 4.98 Å². The summed E-state index contributed by atoms with van der Waals surface area (Å²) in [4.78, 5) is 4.16. The fraction of sp³-hybridized carbons (Fsp3) is 0.267. The minimum Gasteiger partial charge on any atom is -0.489 e. The van der Waals surface area contributed by atoms with E-state index in [9.17, 15) is 8.60 Å². The van der Waals surface area contributed by atoms with Gasteiger partial charge in [-0.2, -0.15) is 0 Å². The second-order valence-electron chi connectivity index (χ2n) is 4.62. The highest BCUT2D eigenvalue weighted by molar-refractivity contribution is 9.10. The fourth-order valence-corrected chi connectivity index (χ4v) is 3.00. The smallest absolute Gasteiger partial charge is 0.144 e. The molecule has 118 valence electrons. The minimum absolute atomic E-state index is 0.0108. The standard InChI is InChI=1S/C15H16BrFN2O2S/c1-10-7-11(19-22(2)20)3-4-12(10)13-8-18-9-14(16)15(13)21-6-5-17/h3-4,7-9,19H,5-6H2,1-2H3. The third-order valence-corrected chi connectivity index (χ3v) is 4.04. The number of ether oxygens (including phenoxy) is 1. The van der Waals surface area contributed by atoms with Crippen LogP contribution in [0, 0.1) is 6.92 Å². The van der Waals surface area contributed by atoms with Gasteiger partial charge in [-0.05, 0) is 46.1 Å².